The Morgan fingerprint density at radius 1 is 1.09 bits per heavy atom. The summed E-state index contributed by atoms with van der Waals surface area (Å²) in [6, 6.07) is 0. The summed E-state index contributed by atoms with van der Waals surface area (Å²) in [4.78, 5) is 0. The summed E-state index contributed by atoms with van der Waals surface area (Å²) in [6.45, 7) is 2.26. The molecule has 0 spiro atoms. The molecule has 1 heterocycles. The molecule has 5 unspecified atom stereocenters. The molecule has 2 aliphatic carbocycles. The molecular weight excluding hydrogens is 136 g/mol. The summed E-state index contributed by atoms with van der Waals surface area (Å²) in [5.74, 6) is 2.97. The summed E-state index contributed by atoms with van der Waals surface area (Å²) >= 11 is 0. The summed E-state index contributed by atoms with van der Waals surface area (Å²) in [7, 11) is 0. The Labute approximate surface area is 68.1 Å². The Morgan fingerprint density at radius 3 is 2.82 bits per heavy atom. The zero-order valence-corrected chi connectivity index (χ0v) is 7.12. The molecule has 0 aromatic carbocycles. The van der Waals surface area contributed by atoms with Crippen LogP contribution in [0.2, 0.25) is 0 Å². The maximum absolute atomic E-state index is 5.87. The molecular formula is C10H16O. The first kappa shape index (κ1) is 6.47. The predicted octanol–water partition coefficient (Wildman–Crippen LogP) is 2.21. The molecule has 1 heteroatoms. The zero-order chi connectivity index (χ0) is 7.42. The van der Waals surface area contributed by atoms with E-state index in [-0.39, 0.29) is 0 Å². The first-order valence-electron chi connectivity index (χ1n) is 5.02. The van der Waals surface area contributed by atoms with Crippen molar-refractivity contribution in [2.45, 2.75) is 44.8 Å². The van der Waals surface area contributed by atoms with Gasteiger partial charge in [0.25, 0.3) is 0 Å². The van der Waals surface area contributed by atoms with Crippen molar-refractivity contribution < 1.29 is 4.74 Å². The van der Waals surface area contributed by atoms with Crippen molar-refractivity contribution in [2.24, 2.45) is 17.8 Å². The molecule has 2 bridgehead atoms. The van der Waals surface area contributed by atoms with Crippen molar-refractivity contribution in [3.63, 3.8) is 0 Å². The second kappa shape index (κ2) is 2.01. The van der Waals surface area contributed by atoms with Gasteiger partial charge < -0.3 is 4.74 Å². The molecule has 0 N–H and O–H groups in total. The standard InChI is InChI=1S/C10H16O/c1-6-9-5-10(11-6)8-4-2-3-7(8)9/h6-10H,2-5H2,1H3. The lowest BCUT2D eigenvalue weighted by Gasteiger charge is -2.29. The lowest BCUT2D eigenvalue weighted by Crippen LogP contribution is -2.30. The Balaban J connectivity index is 1.90. The Morgan fingerprint density at radius 2 is 1.91 bits per heavy atom. The lowest BCUT2D eigenvalue weighted by molar-refractivity contribution is -0.0380. The minimum Gasteiger partial charge on any atom is -0.375 e. The first-order chi connectivity index (χ1) is 5.36. The van der Waals surface area contributed by atoms with Crippen molar-refractivity contribution in [2.75, 3.05) is 0 Å². The smallest absolute Gasteiger partial charge is 0.0613 e. The summed E-state index contributed by atoms with van der Waals surface area (Å²) in [6.07, 6.45) is 7.06. The van der Waals surface area contributed by atoms with E-state index in [1.54, 1.807) is 0 Å². The normalized spacial score (nSPS) is 60.3. The van der Waals surface area contributed by atoms with Crippen LogP contribution in [0.4, 0.5) is 0 Å². The van der Waals surface area contributed by atoms with Crippen molar-refractivity contribution in [3.05, 3.63) is 0 Å². The van der Waals surface area contributed by atoms with Gasteiger partial charge in [0.1, 0.15) is 0 Å². The third-order valence-corrected chi connectivity index (χ3v) is 4.15. The molecule has 1 nitrogen and oxygen atoms in total. The van der Waals surface area contributed by atoms with Crippen LogP contribution < -0.4 is 0 Å². The zero-order valence-electron chi connectivity index (χ0n) is 7.12. The highest BCUT2D eigenvalue weighted by Gasteiger charge is 2.53. The van der Waals surface area contributed by atoms with E-state index in [2.05, 4.69) is 6.92 Å². The van der Waals surface area contributed by atoms with E-state index in [0.717, 1.165) is 17.8 Å². The highest BCUT2D eigenvalue weighted by atomic mass is 16.5. The van der Waals surface area contributed by atoms with Gasteiger partial charge in [-0.1, -0.05) is 6.42 Å². The van der Waals surface area contributed by atoms with Crippen LogP contribution in [0.3, 0.4) is 0 Å². The molecule has 0 aromatic rings. The van der Waals surface area contributed by atoms with Crippen molar-refractivity contribution in [1.29, 1.82) is 0 Å². The second-order valence-electron chi connectivity index (χ2n) is 4.54. The van der Waals surface area contributed by atoms with Crippen molar-refractivity contribution in [1.82, 2.24) is 0 Å². The lowest BCUT2D eigenvalue weighted by atomic mass is 9.87. The van der Waals surface area contributed by atoms with Crippen LogP contribution in [-0.4, -0.2) is 12.2 Å². The Bertz CT molecular complexity index is 178. The van der Waals surface area contributed by atoms with E-state index >= 15 is 0 Å². The maximum Gasteiger partial charge on any atom is 0.0613 e. The van der Waals surface area contributed by atoms with Crippen LogP contribution in [0.1, 0.15) is 32.6 Å². The van der Waals surface area contributed by atoms with Gasteiger partial charge in [0.2, 0.25) is 0 Å². The molecule has 3 rings (SSSR count). The molecule has 2 saturated carbocycles. The van der Waals surface area contributed by atoms with Gasteiger partial charge in [-0.25, -0.2) is 0 Å². The van der Waals surface area contributed by atoms with Crippen LogP contribution in [0, 0.1) is 17.8 Å². The van der Waals surface area contributed by atoms with Crippen LogP contribution in [0.15, 0.2) is 0 Å². The number of hydrogen-bond donors (Lipinski definition) is 0. The fraction of sp³-hybridized carbons (Fsp3) is 1.00. The van der Waals surface area contributed by atoms with E-state index in [1.807, 2.05) is 0 Å². The van der Waals surface area contributed by atoms with E-state index < -0.39 is 0 Å². The van der Waals surface area contributed by atoms with E-state index in [4.69, 9.17) is 4.74 Å². The van der Waals surface area contributed by atoms with Crippen LogP contribution >= 0.6 is 0 Å². The fourth-order valence-electron chi connectivity index (χ4n) is 3.70. The predicted molar refractivity (Wildman–Crippen MR) is 43.3 cm³/mol. The average molecular weight is 152 g/mol. The molecule has 1 saturated heterocycles. The number of ether oxygens (including phenoxy) is 1. The molecule has 0 radical (unpaired) electrons. The highest BCUT2D eigenvalue weighted by molar-refractivity contribution is 5.01. The molecule has 0 amide bonds. The highest BCUT2D eigenvalue weighted by Crippen LogP contribution is 2.55. The van der Waals surface area contributed by atoms with Gasteiger partial charge in [-0.15, -0.1) is 0 Å². The van der Waals surface area contributed by atoms with Gasteiger partial charge in [0.15, 0.2) is 0 Å². The van der Waals surface area contributed by atoms with Crippen LogP contribution in [0.5, 0.6) is 0 Å². The monoisotopic (exact) mass is 152 g/mol. The summed E-state index contributed by atoms with van der Waals surface area (Å²) in [5.41, 5.74) is 0. The minimum atomic E-state index is 0.583. The van der Waals surface area contributed by atoms with Gasteiger partial charge >= 0.3 is 0 Å². The van der Waals surface area contributed by atoms with Crippen molar-refractivity contribution >= 4 is 0 Å². The molecule has 62 valence electrons. The molecule has 0 aromatic heterocycles. The third-order valence-electron chi connectivity index (χ3n) is 4.15. The summed E-state index contributed by atoms with van der Waals surface area (Å²) in [5, 5.41) is 0. The third kappa shape index (κ3) is 0.703. The summed E-state index contributed by atoms with van der Waals surface area (Å²) < 4.78 is 5.87. The fourth-order valence-corrected chi connectivity index (χ4v) is 3.70. The molecule has 1 aliphatic heterocycles. The molecule has 3 fully saturated rings. The number of fused-ring (bicyclic) bond motifs is 5. The van der Waals surface area contributed by atoms with E-state index in [9.17, 15) is 0 Å². The van der Waals surface area contributed by atoms with Gasteiger partial charge in [0.05, 0.1) is 12.2 Å². The Hall–Kier alpha value is -0.0400. The van der Waals surface area contributed by atoms with Gasteiger partial charge in [-0.3, -0.25) is 0 Å². The molecule has 3 aliphatic rings. The average Bonchev–Trinajstić information content (AvgIpc) is 2.52. The van der Waals surface area contributed by atoms with Gasteiger partial charge in [-0.2, -0.15) is 0 Å². The van der Waals surface area contributed by atoms with E-state index in [0.29, 0.717) is 12.2 Å². The second-order valence-corrected chi connectivity index (χ2v) is 4.54. The Kier molecular flexibility index (Phi) is 1.18. The first-order valence-corrected chi connectivity index (χ1v) is 5.02. The number of hydrogen-bond acceptors (Lipinski definition) is 1. The molecule has 5 atom stereocenters. The minimum absolute atomic E-state index is 0.583. The number of rotatable bonds is 0. The van der Waals surface area contributed by atoms with Crippen LogP contribution in [-0.2, 0) is 4.74 Å². The SMILES string of the molecule is CC1OC2CC1C1CCCC21. The largest absolute Gasteiger partial charge is 0.375 e. The van der Waals surface area contributed by atoms with Crippen molar-refractivity contribution in [3.8, 4) is 0 Å². The van der Waals surface area contributed by atoms with E-state index in [1.165, 1.54) is 25.7 Å². The molecule has 11 heavy (non-hydrogen) atoms. The van der Waals surface area contributed by atoms with Gasteiger partial charge in [0, 0.05) is 0 Å². The maximum atomic E-state index is 5.87. The van der Waals surface area contributed by atoms with Gasteiger partial charge in [-0.05, 0) is 43.9 Å². The van der Waals surface area contributed by atoms with Crippen LogP contribution in [0.25, 0.3) is 0 Å². The topological polar surface area (TPSA) is 9.23 Å². The quantitative estimate of drug-likeness (QED) is 0.517.